The zero-order valence-corrected chi connectivity index (χ0v) is 12.4. The van der Waals surface area contributed by atoms with E-state index < -0.39 is 0 Å². The lowest BCUT2D eigenvalue weighted by atomic mass is 9.98. The lowest BCUT2D eigenvalue weighted by molar-refractivity contribution is 0.181. The molecule has 0 heterocycles. The number of nitrogens with one attached hydrogen (secondary N) is 1. The summed E-state index contributed by atoms with van der Waals surface area (Å²) in [5.74, 6) is 0.277. The maximum Gasteiger partial charge on any atom is 0.115 e. The van der Waals surface area contributed by atoms with Gasteiger partial charge in [-0.15, -0.1) is 0 Å². The summed E-state index contributed by atoms with van der Waals surface area (Å²) in [7, 11) is 0. The molecule has 0 bridgehead atoms. The van der Waals surface area contributed by atoms with Gasteiger partial charge >= 0.3 is 0 Å². The minimum absolute atomic E-state index is 0.0980. The van der Waals surface area contributed by atoms with Gasteiger partial charge < -0.3 is 15.5 Å². The molecule has 0 saturated heterocycles. The fourth-order valence-corrected chi connectivity index (χ4v) is 2.38. The predicted octanol–water partition coefficient (Wildman–Crippen LogP) is 3.23. The van der Waals surface area contributed by atoms with Crippen LogP contribution in [0, 0.1) is 0 Å². The molecule has 0 saturated carbocycles. The van der Waals surface area contributed by atoms with Gasteiger partial charge in [0.25, 0.3) is 0 Å². The van der Waals surface area contributed by atoms with Crippen molar-refractivity contribution < 1.29 is 10.2 Å². The van der Waals surface area contributed by atoms with Crippen molar-refractivity contribution in [3.63, 3.8) is 0 Å². The molecule has 0 aliphatic heterocycles. The third-order valence-corrected chi connectivity index (χ3v) is 3.51. The van der Waals surface area contributed by atoms with Crippen LogP contribution in [0.2, 0.25) is 0 Å². The van der Waals surface area contributed by atoms with E-state index in [1.807, 2.05) is 37.3 Å². The summed E-state index contributed by atoms with van der Waals surface area (Å²) in [4.78, 5) is 0. The Morgan fingerprint density at radius 2 is 1.57 bits per heavy atom. The van der Waals surface area contributed by atoms with E-state index in [1.54, 1.807) is 12.1 Å². The lowest BCUT2D eigenvalue weighted by Crippen LogP contribution is -2.24. The summed E-state index contributed by atoms with van der Waals surface area (Å²) in [5, 5.41) is 22.3. The number of aromatic hydroxyl groups is 1. The Morgan fingerprint density at radius 1 is 0.952 bits per heavy atom. The Morgan fingerprint density at radius 3 is 2.19 bits per heavy atom. The Bertz CT molecular complexity index is 523. The lowest BCUT2D eigenvalue weighted by Gasteiger charge is -2.20. The second kappa shape index (κ2) is 7.81. The maximum atomic E-state index is 9.44. The SMILES string of the molecule is CC(O)CCCNC(c1ccccc1)c1ccc(O)cc1. The molecule has 0 aliphatic rings. The number of phenols is 1. The molecule has 2 unspecified atom stereocenters. The average Bonchev–Trinajstić information content (AvgIpc) is 2.49. The molecule has 2 rings (SSSR count). The third-order valence-electron chi connectivity index (χ3n) is 3.51. The molecule has 0 amide bonds. The average molecular weight is 285 g/mol. The minimum atomic E-state index is -0.254. The van der Waals surface area contributed by atoms with Crippen LogP contribution >= 0.6 is 0 Å². The first kappa shape index (κ1) is 15.5. The van der Waals surface area contributed by atoms with Gasteiger partial charge in [0.1, 0.15) is 5.75 Å². The molecule has 112 valence electrons. The molecule has 0 spiro atoms. The van der Waals surface area contributed by atoms with Gasteiger partial charge in [0.2, 0.25) is 0 Å². The van der Waals surface area contributed by atoms with E-state index in [4.69, 9.17) is 0 Å². The zero-order valence-electron chi connectivity index (χ0n) is 12.4. The number of benzene rings is 2. The largest absolute Gasteiger partial charge is 0.508 e. The van der Waals surface area contributed by atoms with Crippen LogP contribution in [0.3, 0.4) is 0 Å². The summed E-state index contributed by atoms with van der Waals surface area (Å²) >= 11 is 0. The Kier molecular flexibility index (Phi) is 5.78. The second-order valence-corrected chi connectivity index (χ2v) is 5.38. The Labute approximate surface area is 126 Å². The topological polar surface area (TPSA) is 52.5 Å². The Balaban J connectivity index is 2.09. The maximum absolute atomic E-state index is 9.44. The van der Waals surface area contributed by atoms with Crippen LogP contribution in [-0.2, 0) is 0 Å². The third kappa shape index (κ3) is 4.88. The van der Waals surface area contributed by atoms with Crippen molar-refractivity contribution in [2.45, 2.75) is 31.9 Å². The van der Waals surface area contributed by atoms with E-state index in [9.17, 15) is 10.2 Å². The van der Waals surface area contributed by atoms with E-state index in [2.05, 4.69) is 17.4 Å². The highest BCUT2D eigenvalue weighted by Crippen LogP contribution is 2.23. The van der Waals surface area contributed by atoms with Gasteiger partial charge in [-0.05, 0) is 49.6 Å². The molecule has 0 aliphatic carbocycles. The molecule has 3 nitrogen and oxygen atoms in total. The number of phenolic OH excluding ortho intramolecular Hbond substituents is 1. The van der Waals surface area contributed by atoms with Crippen LogP contribution in [0.5, 0.6) is 5.75 Å². The van der Waals surface area contributed by atoms with E-state index in [0.717, 1.165) is 24.9 Å². The van der Waals surface area contributed by atoms with Crippen LogP contribution in [-0.4, -0.2) is 22.9 Å². The van der Waals surface area contributed by atoms with Gasteiger partial charge in [0.05, 0.1) is 12.1 Å². The van der Waals surface area contributed by atoms with Gasteiger partial charge in [-0.1, -0.05) is 42.5 Å². The zero-order chi connectivity index (χ0) is 15.1. The molecule has 3 N–H and O–H groups in total. The Hall–Kier alpha value is -1.84. The van der Waals surface area contributed by atoms with Crippen molar-refractivity contribution in [2.24, 2.45) is 0 Å². The molecule has 3 heteroatoms. The van der Waals surface area contributed by atoms with E-state index >= 15 is 0 Å². The molecule has 0 aromatic heterocycles. The predicted molar refractivity (Wildman–Crippen MR) is 85.3 cm³/mol. The first-order valence-corrected chi connectivity index (χ1v) is 7.42. The van der Waals surface area contributed by atoms with E-state index in [0.29, 0.717) is 0 Å². The van der Waals surface area contributed by atoms with E-state index in [1.165, 1.54) is 5.56 Å². The van der Waals surface area contributed by atoms with Crippen LogP contribution in [0.15, 0.2) is 54.6 Å². The van der Waals surface area contributed by atoms with Crippen LogP contribution in [0.25, 0.3) is 0 Å². The number of rotatable bonds is 7. The first-order valence-electron chi connectivity index (χ1n) is 7.42. The molecular formula is C18H23NO2. The van der Waals surface area contributed by atoms with Gasteiger partial charge in [0, 0.05) is 0 Å². The first-order chi connectivity index (χ1) is 10.2. The normalized spacial score (nSPS) is 13.8. The van der Waals surface area contributed by atoms with Gasteiger partial charge in [-0.2, -0.15) is 0 Å². The van der Waals surface area contributed by atoms with Crippen molar-refractivity contribution in [3.8, 4) is 5.75 Å². The smallest absolute Gasteiger partial charge is 0.115 e. The summed E-state index contributed by atoms with van der Waals surface area (Å²) < 4.78 is 0. The molecule has 21 heavy (non-hydrogen) atoms. The molecule has 0 fully saturated rings. The summed E-state index contributed by atoms with van der Waals surface area (Å²) in [5.41, 5.74) is 2.32. The second-order valence-electron chi connectivity index (χ2n) is 5.38. The van der Waals surface area contributed by atoms with Crippen molar-refractivity contribution in [1.82, 2.24) is 5.32 Å². The van der Waals surface area contributed by atoms with Crippen LogP contribution in [0.1, 0.15) is 36.9 Å². The van der Waals surface area contributed by atoms with Crippen molar-refractivity contribution in [2.75, 3.05) is 6.54 Å². The fourth-order valence-electron chi connectivity index (χ4n) is 2.38. The van der Waals surface area contributed by atoms with E-state index in [-0.39, 0.29) is 17.9 Å². The van der Waals surface area contributed by atoms with Crippen LogP contribution < -0.4 is 5.32 Å². The number of aliphatic hydroxyl groups is 1. The highest BCUT2D eigenvalue weighted by atomic mass is 16.3. The quantitative estimate of drug-likeness (QED) is 0.685. The molecular weight excluding hydrogens is 262 g/mol. The number of hydrogen-bond acceptors (Lipinski definition) is 3. The molecule has 2 atom stereocenters. The molecule has 0 radical (unpaired) electrons. The number of aliphatic hydroxyl groups excluding tert-OH is 1. The van der Waals surface area contributed by atoms with Crippen molar-refractivity contribution >= 4 is 0 Å². The van der Waals surface area contributed by atoms with Gasteiger partial charge in [-0.3, -0.25) is 0 Å². The summed E-state index contributed by atoms with van der Waals surface area (Å²) in [6.07, 6.45) is 1.47. The molecule has 2 aromatic rings. The standard InChI is InChI=1S/C18H23NO2/c1-14(20)6-5-13-19-18(15-7-3-2-4-8-15)16-9-11-17(21)12-10-16/h2-4,7-12,14,18-21H,5-6,13H2,1H3. The fraction of sp³-hybridized carbons (Fsp3) is 0.333. The molecule has 2 aromatic carbocycles. The highest BCUT2D eigenvalue weighted by Gasteiger charge is 2.13. The van der Waals surface area contributed by atoms with Gasteiger partial charge in [-0.25, -0.2) is 0 Å². The minimum Gasteiger partial charge on any atom is -0.508 e. The van der Waals surface area contributed by atoms with Gasteiger partial charge in [0.15, 0.2) is 0 Å². The summed E-state index contributed by atoms with van der Waals surface area (Å²) in [6.45, 7) is 2.65. The monoisotopic (exact) mass is 285 g/mol. The number of hydrogen-bond donors (Lipinski definition) is 3. The highest BCUT2D eigenvalue weighted by molar-refractivity contribution is 5.34. The van der Waals surface area contributed by atoms with Crippen molar-refractivity contribution in [1.29, 1.82) is 0 Å². The summed E-state index contributed by atoms with van der Waals surface area (Å²) in [6, 6.07) is 17.7. The van der Waals surface area contributed by atoms with Crippen LogP contribution in [0.4, 0.5) is 0 Å². The van der Waals surface area contributed by atoms with Crippen molar-refractivity contribution in [3.05, 3.63) is 65.7 Å².